The maximum Gasteiger partial charge on any atom is 0.164 e. The van der Waals surface area contributed by atoms with E-state index in [0.717, 1.165) is 11.4 Å². The van der Waals surface area contributed by atoms with Crippen molar-refractivity contribution in [2.24, 2.45) is 0 Å². The molecule has 4 nitrogen and oxygen atoms in total. The summed E-state index contributed by atoms with van der Waals surface area (Å²) in [5.41, 5.74) is 2.99. The van der Waals surface area contributed by atoms with Crippen molar-refractivity contribution in [1.29, 1.82) is 0 Å². The van der Waals surface area contributed by atoms with Gasteiger partial charge in [-0.3, -0.25) is 4.79 Å². The van der Waals surface area contributed by atoms with Gasteiger partial charge in [-0.2, -0.15) is 5.10 Å². The van der Waals surface area contributed by atoms with Crippen molar-refractivity contribution in [3.05, 3.63) is 40.8 Å². The van der Waals surface area contributed by atoms with Gasteiger partial charge in [0.05, 0.1) is 5.56 Å². The first-order valence-corrected chi connectivity index (χ1v) is 6.01. The van der Waals surface area contributed by atoms with E-state index in [0.29, 0.717) is 17.1 Å². The van der Waals surface area contributed by atoms with Crippen molar-refractivity contribution in [3.63, 3.8) is 0 Å². The Morgan fingerprint density at radius 2 is 2.05 bits per heavy atom. The number of hydrogen-bond acceptors (Lipinski definition) is 3. The molecule has 0 aliphatic carbocycles. The smallest absolute Gasteiger partial charge is 0.164 e. The number of nitrogens with zero attached hydrogens (tertiary/aromatic N) is 3. The largest absolute Gasteiger partial charge is 0.294 e. The third-order valence-corrected chi connectivity index (χ3v) is 2.73. The average Bonchev–Trinajstić information content (AvgIpc) is 2.70. The van der Waals surface area contributed by atoms with Crippen molar-refractivity contribution in [2.45, 2.75) is 27.7 Å². The summed E-state index contributed by atoms with van der Waals surface area (Å²) < 4.78 is 1.67. The van der Waals surface area contributed by atoms with Gasteiger partial charge < -0.3 is 0 Å². The van der Waals surface area contributed by atoms with Crippen LogP contribution in [0.15, 0.2) is 18.2 Å². The molecule has 2 heterocycles. The molecule has 0 fully saturated rings. The Balaban J connectivity index is 2.66. The number of aryl methyl sites for hydroxylation is 2. The van der Waals surface area contributed by atoms with Gasteiger partial charge in [0, 0.05) is 11.4 Å². The van der Waals surface area contributed by atoms with Gasteiger partial charge in [-0.15, -0.1) is 0 Å². The molecule has 0 N–H and O–H groups in total. The monoisotopic (exact) mass is 253 g/mol. The predicted molar refractivity (Wildman–Crippen MR) is 73.4 cm³/mol. The molecule has 0 aliphatic heterocycles. The van der Waals surface area contributed by atoms with Crippen LogP contribution in [0, 0.1) is 25.7 Å². The van der Waals surface area contributed by atoms with Crippen molar-refractivity contribution >= 4 is 5.78 Å². The maximum atomic E-state index is 11.7. The summed E-state index contributed by atoms with van der Waals surface area (Å²) in [6, 6.07) is 5.49. The molecule has 0 spiro atoms. The standard InChI is InChI=1S/C15H15N3O/c1-5-6-13-9-11(3)18(17-13)15-14(12(4)19)8-7-10(2)16-15/h7-9H,1-4H3. The number of rotatable bonds is 2. The topological polar surface area (TPSA) is 47.8 Å². The number of Topliss-reactive ketones (excluding diaryl/α,β-unsaturated/α-hetero) is 1. The molecule has 2 aromatic heterocycles. The number of hydrogen-bond donors (Lipinski definition) is 0. The molecule has 2 rings (SSSR count). The summed E-state index contributed by atoms with van der Waals surface area (Å²) in [4.78, 5) is 16.1. The van der Waals surface area contributed by atoms with Gasteiger partial charge in [0.1, 0.15) is 5.69 Å². The van der Waals surface area contributed by atoms with Gasteiger partial charge in [0.2, 0.25) is 0 Å². The molecule has 0 saturated heterocycles. The van der Waals surface area contributed by atoms with E-state index in [1.54, 1.807) is 17.7 Å². The lowest BCUT2D eigenvalue weighted by Gasteiger charge is -2.08. The zero-order valence-corrected chi connectivity index (χ0v) is 11.5. The Hall–Kier alpha value is -2.41. The van der Waals surface area contributed by atoms with Crippen LogP contribution < -0.4 is 0 Å². The van der Waals surface area contributed by atoms with E-state index < -0.39 is 0 Å². The van der Waals surface area contributed by atoms with Crippen molar-refractivity contribution in [2.75, 3.05) is 0 Å². The number of ketones is 1. The molecular formula is C15H15N3O. The van der Waals surface area contributed by atoms with E-state index >= 15 is 0 Å². The van der Waals surface area contributed by atoms with Crippen molar-refractivity contribution in [3.8, 4) is 17.7 Å². The zero-order valence-electron chi connectivity index (χ0n) is 11.5. The fourth-order valence-corrected chi connectivity index (χ4v) is 1.86. The molecular weight excluding hydrogens is 238 g/mol. The highest BCUT2D eigenvalue weighted by molar-refractivity contribution is 5.97. The van der Waals surface area contributed by atoms with Crippen molar-refractivity contribution < 1.29 is 4.79 Å². The van der Waals surface area contributed by atoms with E-state index in [-0.39, 0.29) is 5.78 Å². The summed E-state index contributed by atoms with van der Waals surface area (Å²) in [7, 11) is 0. The highest BCUT2D eigenvalue weighted by Crippen LogP contribution is 2.16. The van der Waals surface area contributed by atoms with Gasteiger partial charge >= 0.3 is 0 Å². The maximum absolute atomic E-state index is 11.7. The lowest BCUT2D eigenvalue weighted by atomic mass is 10.1. The van der Waals surface area contributed by atoms with Crippen molar-refractivity contribution in [1.82, 2.24) is 14.8 Å². The third-order valence-electron chi connectivity index (χ3n) is 2.73. The molecule has 96 valence electrons. The molecule has 0 bridgehead atoms. The first-order valence-electron chi connectivity index (χ1n) is 6.01. The minimum atomic E-state index is -0.0273. The molecule has 0 radical (unpaired) electrons. The van der Waals surface area contributed by atoms with Gasteiger partial charge in [0.25, 0.3) is 0 Å². The Labute approximate surface area is 112 Å². The fourth-order valence-electron chi connectivity index (χ4n) is 1.86. The van der Waals surface area contributed by atoms with Crippen LogP contribution in [0.2, 0.25) is 0 Å². The van der Waals surface area contributed by atoms with Gasteiger partial charge in [0.15, 0.2) is 11.6 Å². The second-order valence-electron chi connectivity index (χ2n) is 4.34. The number of carbonyl (C=O) groups excluding carboxylic acids is 1. The molecule has 0 unspecified atom stereocenters. The fraction of sp³-hybridized carbons (Fsp3) is 0.267. The minimum absolute atomic E-state index is 0.0273. The zero-order chi connectivity index (χ0) is 14.0. The summed E-state index contributed by atoms with van der Waals surface area (Å²) in [6.07, 6.45) is 0. The van der Waals surface area contributed by atoms with E-state index in [9.17, 15) is 4.79 Å². The second kappa shape index (κ2) is 5.07. The van der Waals surface area contributed by atoms with Gasteiger partial charge in [-0.1, -0.05) is 5.92 Å². The molecule has 4 heteroatoms. The van der Waals surface area contributed by atoms with Gasteiger partial charge in [-0.25, -0.2) is 9.67 Å². The number of carbonyl (C=O) groups is 1. The predicted octanol–water partition coefficient (Wildman–Crippen LogP) is 2.46. The molecule has 0 aliphatic rings. The Morgan fingerprint density at radius 3 is 2.68 bits per heavy atom. The number of pyridine rings is 1. The highest BCUT2D eigenvalue weighted by atomic mass is 16.1. The lowest BCUT2D eigenvalue weighted by molar-refractivity contribution is 0.101. The van der Waals surface area contributed by atoms with Crippen LogP contribution in [-0.4, -0.2) is 20.5 Å². The minimum Gasteiger partial charge on any atom is -0.294 e. The van der Waals surface area contributed by atoms with Crippen LogP contribution in [0.5, 0.6) is 0 Å². The Kier molecular flexibility index (Phi) is 3.48. The van der Waals surface area contributed by atoms with Gasteiger partial charge in [-0.05, 0) is 51.8 Å². The van der Waals surface area contributed by atoms with Crippen LogP contribution in [0.4, 0.5) is 0 Å². The molecule has 19 heavy (non-hydrogen) atoms. The first-order chi connectivity index (χ1) is 9.02. The van der Waals surface area contributed by atoms with Crippen LogP contribution >= 0.6 is 0 Å². The third kappa shape index (κ3) is 2.55. The van der Waals surface area contributed by atoms with Crippen LogP contribution in [0.25, 0.3) is 5.82 Å². The lowest BCUT2D eigenvalue weighted by Crippen LogP contribution is -2.09. The molecule has 0 amide bonds. The summed E-state index contributed by atoms with van der Waals surface area (Å²) >= 11 is 0. The van der Waals surface area contributed by atoms with Crippen LogP contribution in [0.1, 0.15) is 41.3 Å². The van der Waals surface area contributed by atoms with E-state index in [1.165, 1.54) is 6.92 Å². The van der Waals surface area contributed by atoms with Crippen LogP contribution in [0.3, 0.4) is 0 Å². The Bertz CT molecular complexity index is 702. The summed E-state index contributed by atoms with van der Waals surface area (Å²) in [5.74, 6) is 6.26. The second-order valence-corrected chi connectivity index (χ2v) is 4.34. The molecule has 2 aromatic rings. The van der Waals surface area contributed by atoms with E-state index in [1.807, 2.05) is 26.0 Å². The molecule has 0 atom stereocenters. The van der Waals surface area contributed by atoms with E-state index in [4.69, 9.17) is 0 Å². The van der Waals surface area contributed by atoms with E-state index in [2.05, 4.69) is 21.9 Å². The summed E-state index contributed by atoms with van der Waals surface area (Å²) in [6.45, 7) is 7.10. The SMILES string of the molecule is CC#Cc1cc(C)n(-c2nc(C)ccc2C(C)=O)n1. The number of aromatic nitrogens is 3. The first kappa shape index (κ1) is 13.0. The van der Waals surface area contributed by atoms with Crippen LogP contribution in [-0.2, 0) is 0 Å². The quantitative estimate of drug-likeness (QED) is 0.610. The summed E-state index contributed by atoms with van der Waals surface area (Å²) in [5, 5.41) is 4.38. The molecule has 0 saturated carbocycles. The molecule has 0 aromatic carbocycles. The Morgan fingerprint density at radius 1 is 1.32 bits per heavy atom. The highest BCUT2D eigenvalue weighted by Gasteiger charge is 2.14. The average molecular weight is 253 g/mol. The normalized spacial score (nSPS) is 9.89.